The van der Waals surface area contributed by atoms with E-state index in [4.69, 9.17) is 5.11 Å². The van der Waals surface area contributed by atoms with Crippen LogP contribution in [0, 0.1) is 5.92 Å². The minimum Gasteiger partial charge on any atom is -0.396 e. The summed E-state index contributed by atoms with van der Waals surface area (Å²) in [5.41, 5.74) is 1.66. The van der Waals surface area contributed by atoms with E-state index in [0.717, 1.165) is 5.56 Å². The molecule has 2 aromatic rings. The number of benzene rings is 2. The Labute approximate surface area is 159 Å². The number of amides is 1. The van der Waals surface area contributed by atoms with E-state index >= 15 is 0 Å². The van der Waals surface area contributed by atoms with Crippen LogP contribution >= 0.6 is 0 Å². The van der Waals surface area contributed by atoms with Crippen LogP contribution in [0.3, 0.4) is 0 Å². The van der Waals surface area contributed by atoms with Gasteiger partial charge in [-0.05, 0) is 49.1 Å². The van der Waals surface area contributed by atoms with Crippen LogP contribution in [0.2, 0.25) is 0 Å². The van der Waals surface area contributed by atoms with E-state index in [9.17, 15) is 13.2 Å². The van der Waals surface area contributed by atoms with Gasteiger partial charge >= 0.3 is 0 Å². The first-order valence-corrected chi connectivity index (χ1v) is 10.5. The van der Waals surface area contributed by atoms with Gasteiger partial charge in [-0.25, -0.2) is 8.42 Å². The van der Waals surface area contributed by atoms with E-state index in [-0.39, 0.29) is 29.9 Å². The second-order valence-corrected chi connectivity index (χ2v) is 8.61. The molecule has 6 nitrogen and oxygen atoms in total. The monoisotopic (exact) mass is 388 g/mol. The van der Waals surface area contributed by atoms with Crippen molar-refractivity contribution in [3.05, 3.63) is 60.2 Å². The predicted molar refractivity (Wildman–Crippen MR) is 104 cm³/mol. The highest BCUT2D eigenvalue weighted by Crippen LogP contribution is 2.24. The summed E-state index contributed by atoms with van der Waals surface area (Å²) in [6.45, 7) is 0.696. The lowest BCUT2D eigenvalue weighted by atomic mass is 9.98. The molecule has 27 heavy (non-hydrogen) atoms. The highest BCUT2D eigenvalue weighted by atomic mass is 32.2. The molecule has 0 aliphatic carbocycles. The van der Waals surface area contributed by atoms with Crippen molar-refractivity contribution in [3.8, 4) is 0 Å². The fraction of sp³-hybridized carbons (Fsp3) is 0.350. The summed E-state index contributed by atoms with van der Waals surface area (Å²) < 4.78 is 27.0. The molecule has 1 fully saturated rings. The van der Waals surface area contributed by atoms with Crippen LogP contribution in [0.4, 0.5) is 5.69 Å². The molecule has 2 aromatic carbocycles. The maximum atomic E-state index is 12.8. The standard InChI is InChI=1S/C20H24N2O4S/c23-14-12-16-8-10-18(11-9-16)21-20(24)17-5-4-13-22(15-17)27(25,26)19-6-2-1-3-7-19/h1-3,6-11,17,23H,4-5,12-15H2,(H,21,24)/t17-/m1/s1. The minimum absolute atomic E-state index is 0.0828. The maximum absolute atomic E-state index is 12.8. The average Bonchev–Trinajstić information content (AvgIpc) is 2.70. The molecule has 144 valence electrons. The number of carbonyl (C=O) groups excluding carboxylic acids is 1. The van der Waals surface area contributed by atoms with E-state index in [1.54, 1.807) is 42.5 Å². The summed E-state index contributed by atoms with van der Waals surface area (Å²) in [5, 5.41) is 11.8. The number of carbonyl (C=O) groups is 1. The Morgan fingerprint density at radius 3 is 2.48 bits per heavy atom. The summed E-state index contributed by atoms with van der Waals surface area (Å²) in [6, 6.07) is 15.6. The Kier molecular flexibility index (Phi) is 6.26. The maximum Gasteiger partial charge on any atom is 0.243 e. The molecule has 1 atom stereocenters. The molecule has 0 unspecified atom stereocenters. The van der Waals surface area contributed by atoms with Crippen LogP contribution in [0.25, 0.3) is 0 Å². The Morgan fingerprint density at radius 1 is 1.11 bits per heavy atom. The van der Waals surface area contributed by atoms with Crippen molar-refractivity contribution in [3.63, 3.8) is 0 Å². The third-order valence-electron chi connectivity index (χ3n) is 4.76. The zero-order valence-corrected chi connectivity index (χ0v) is 15.9. The Balaban J connectivity index is 1.66. The number of piperidine rings is 1. The summed E-state index contributed by atoms with van der Waals surface area (Å²) in [7, 11) is -3.58. The summed E-state index contributed by atoms with van der Waals surface area (Å²) in [6.07, 6.45) is 1.89. The number of aliphatic hydroxyl groups excluding tert-OH is 1. The van der Waals surface area contributed by atoms with Crippen LogP contribution < -0.4 is 5.32 Å². The van der Waals surface area contributed by atoms with Gasteiger partial charge in [-0.2, -0.15) is 4.31 Å². The quantitative estimate of drug-likeness (QED) is 0.795. The fourth-order valence-electron chi connectivity index (χ4n) is 3.24. The lowest BCUT2D eigenvalue weighted by Gasteiger charge is -2.31. The number of nitrogens with zero attached hydrogens (tertiary/aromatic N) is 1. The van der Waals surface area contributed by atoms with Crippen molar-refractivity contribution in [2.24, 2.45) is 5.92 Å². The van der Waals surface area contributed by atoms with Crippen molar-refractivity contribution >= 4 is 21.6 Å². The van der Waals surface area contributed by atoms with Gasteiger partial charge in [0.1, 0.15) is 0 Å². The molecule has 0 spiro atoms. The predicted octanol–water partition coefficient (Wildman–Crippen LogP) is 2.26. The SMILES string of the molecule is O=C(Nc1ccc(CCO)cc1)[C@@H]1CCCN(S(=O)(=O)c2ccccc2)C1. The molecular formula is C20H24N2O4S. The number of aliphatic hydroxyl groups is 1. The van der Waals surface area contributed by atoms with Gasteiger partial charge in [-0.1, -0.05) is 30.3 Å². The van der Waals surface area contributed by atoms with Gasteiger partial charge in [0.15, 0.2) is 0 Å². The summed E-state index contributed by atoms with van der Waals surface area (Å²) >= 11 is 0. The van der Waals surface area contributed by atoms with E-state index in [0.29, 0.717) is 31.5 Å². The minimum atomic E-state index is -3.58. The van der Waals surface area contributed by atoms with Crippen molar-refractivity contribution in [2.75, 3.05) is 25.0 Å². The molecule has 2 N–H and O–H groups in total. The highest BCUT2D eigenvalue weighted by Gasteiger charge is 2.33. The molecule has 1 heterocycles. The van der Waals surface area contributed by atoms with E-state index in [1.165, 1.54) is 4.31 Å². The van der Waals surface area contributed by atoms with Crippen LogP contribution in [0.1, 0.15) is 18.4 Å². The first kappa shape index (κ1) is 19.5. The summed E-state index contributed by atoms with van der Waals surface area (Å²) in [4.78, 5) is 12.9. The summed E-state index contributed by atoms with van der Waals surface area (Å²) in [5.74, 6) is -0.549. The topological polar surface area (TPSA) is 86.7 Å². The second kappa shape index (κ2) is 8.65. The number of anilines is 1. The van der Waals surface area contributed by atoms with Crippen LogP contribution in [-0.2, 0) is 21.2 Å². The number of rotatable bonds is 6. The van der Waals surface area contributed by atoms with E-state index < -0.39 is 10.0 Å². The third-order valence-corrected chi connectivity index (χ3v) is 6.64. The second-order valence-electron chi connectivity index (χ2n) is 6.68. The highest BCUT2D eigenvalue weighted by molar-refractivity contribution is 7.89. The zero-order chi connectivity index (χ0) is 19.3. The largest absolute Gasteiger partial charge is 0.396 e. The van der Waals surface area contributed by atoms with Gasteiger partial charge in [0.25, 0.3) is 0 Å². The van der Waals surface area contributed by atoms with Gasteiger partial charge in [0.2, 0.25) is 15.9 Å². The van der Waals surface area contributed by atoms with Crippen LogP contribution in [0.15, 0.2) is 59.5 Å². The smallest absolute Gasteiger partial charge is 0.243 e. The van der Waals surface area contributed by atoms with Crippen molar-refractivity contribution in [1.29, 1.82) is 0 Å². The molecule has 1 saturated heterocycles. The number of hydrogen-bond donors (Lipinski definition) is 2. The molecule has 0 radical (unpaired) electrons. The van der Waals surface area contributed by atoms with Gasteiger partial charge in [0.05, 0.1) is 10.8 Å². The zero-order valence-electron chi connectivity index (χ0n) is 15.0. The van der Waals surface area contributed by atoms with Gasteiger partial charge in [-0.15, -0.1) is 0 Å². The molecule has 1 aliphatic rings. The van der Waals surface area contributed by atoms with Crippen LogP contribution in [-0.4, -0.2) is 43.4 Å². The molecule has 0 aromatic heterocycles. The Morgan fingerprint density at radius 2 is 1.81 bits per heavy atom. The van der Waals surface area contributed by atoms with Crippen LogP contribution in [0.5, 0.6) is 0 Å². The first-order chi connectivity index (χ1) is 13.0. The molecule has 0 saturated carbocycles. The molecule has 3 rings (SSSR count). The third kappa shape index (κ3) is 4.74. The van der Waals surface area contributed by atoms with E-state index in [1.807, 2.05) is 12.1 Å². The van der Waals surface area contributed by atoms with Gasteiger partial charge in [-0.3, -0.25) is 4.79 Å². The number of hydrogen-bond acceptors (Lipinski definition) is 4. The lowest BCUT2D eigenvalue weighted by Crippen LogP contribution is -2.43. The number of nitrogens with one attached hydrogen (secondary N) is 1. The Hall–Kier alpha value is -2.22. The molecular weight excluding hydrogens is 364 g/mol. The molecule has 1 amide bonds. The average molecular weight is 388 g/mol. The van der Waals surface area contributed by atoms with Crippen molar-refractivity contribution < 1.29 is 18.3 Å². The fourth-order valence-corrected chi connectivity index (χ4v) is 4.79. The molecule has 1 aliphatic heterocycles. The van der Waals surface area contributed by atoms with Crippen molar-refractivity contribution in [1.82, 2.24) is 4.31 Å². The first-order valence-electron chi connectivity index (χ1n) is 9.06. The molecule has 0 bridgehead atoms. The van der Waals surface area contributed by atoms with Gasteiger partial charge in [0, 0.05) is 25.4 Å². The van der Waals surface area contributed by atoms with Gasteiger partial charge < -0.3 is 10.4 Å². The normalized spacial score (nSPS) is 18.2. The van der Waals surface area contributed by atoms with E-state index in [2.05, 4.69) is 5.32 Å². The molecule has 7 heteroatoms. The Bertz CT molecular complexity index is 867. The van der Waals surface area contributed by atoms with Crippen molar-refractivity contribution in [2.45, 2.75) is 24.2 Å². The lowest BCUT2D eigenvalue weighted by molar-refractivity contribution is -0.120. The number of sulfonamides is 1.